The number of aromatic nitrogens is 2. The summed E-state index contributed by atoms with van der Waals surface area (Å²) in [6, 6.07) is 14.3. The first kappa shape index (κ1) is 20.3. The zero-order valence-electron chi connectivity index (χ0n) is 15.5. The van der Waals surface area contributed by atoms with Gasteiger partial charge in [-0.05, 0) is 42.0 Å². The molecule has 1 saturated heterocycles. The molecule has 0 spiro atoms. The van der Waals surface area contributed by atoms with Crippen LogP contribution >= 0.6 is 12.4 Å². The molecule has 1 unspecified atom stereocenters. The molecule has 6 nitrogen and oxygen atoms in total. The van der Waals surface area contributed by atoms with Gasteiger partial charge in [0, 0.05) is 31.2 Å². The fraction of sp³-hybridized carbons (Fsp3) is 0.300. The van der Waals surface area contributed by atoms with Crippen molar-refractivity contribution in [3.8, 4) is 17.2 Å². The molecule has 0 saturated carbocycles. The molecule has 1 aliphatic heterocycles. The fourth-order valence-electron chi connectivity index (χ4n) is 3.33. The molecular formula is C20H22ClFN4O2. The SMILES string of the molecule is COc1ccc(-c2nc(CN3CCNCC3c3cccc(F)c3)no2)cc1.Cl. The Bertz CT molecular complexity index is 903. The first-order chi connectivity index (χ1) is 13.2. The van der Waals surface area contributed by atoms with Crippen molar-refractivity contribution in [3.63, 3.8) is 0 Å². The largest absolute Gasteiger partial charge is 0.497 e. The maximum Gasteiger partial charge on any atom is 0.257 e. The van der Waals surface area contributed by atoms with Crippen LogP contribution in [0.3, 0.4) is 0 Å². The Balaban J connectivity index is 0.00000225. The molecule has 1 aromatic heterocycles. The number of piperazine rings is 1. The Hall–Kier alpha value is -2.48. The standard InChI is InChI=1S/C20H21FN4O2.ClH/c1-26-17-7-5-14(6-8-17)20-23-19(24-27-20)13-25-10-9-22-12-18(25)15-3-2-4-16(21)11-15;/h2-8,11,18,22H,9-10,12-13H2,1H3;1H. The van der Waals surface area contributed by atoms with E-state index in [9.17, 15) is 4.39 Å². The van der Waals surface area contributed by atoms with Crippen LogP contribution in [0.15, 0.2) is 53.1 Å². The first-order valence-corrected chi connectivity index (χ1v) is 8.90. The summed E-state index contributed by atoms with van der Waals surface area (Å²) in [5, 5.41) is 7.49. The van der Waals surface area contributed by atoms with E-state index in [1.54, 1.807) is 19.2 Å². The van der Waals surface area contributed by atoms with E-state index in [1.807, 2.05) is 30.3 Å². The lowest BCUT2D eigenvalue weighted by Gasteiger charge is -2.35. The van der Waals surface area contributed by atoms with Crippen LogP contribution in [-0.4, -0.2) is 41.8 Å². The van der Waals surface area contributed by atoms with Gasteiger partial charge in [0.25, 0.3) is 5.89 Å². The van der Waals surface area contributed by atoms with Crippen LogP contribution in [0.25, 0.3) is 11.5 Å². The molecule has 1 aliphatic rings. The van der Waals surface area contributed by atoms with Gasteiger partial charge in [0.15, 0.2) is 5.82 Å². The minimum Gasteiger partial charge on any atom is -0.497 e. The van der Waals surface area contributed by atoms with Crippen molar-refractivity contribution < 1.29 is 13.7 Å². The number of rotatable bonds is 5. The number of hydrogen-bond donors (Lipinski definition) is 1. The van der Waals surface area contributed by atoms with Crippen LogP contribution in [0, 0.1) is 5.82 Å². The number of halogens is 2. The van der Waals surface area contributed by atoms with Crippen molar-refractivity contribution in [1.82, 2.24) is 20.4 Å². The molecule has 2 heterocycles. The van der Waals surface area contributed by atoms with E-state index >= 15 is 0 Å². The van der Waals surface area contributed by atoms with Gasteiger partial charge in [-0.2, -0.15) is 4.98 Å². The quantitative estimate of drug-likeness (QED) is 0.702. The van der Waals surface area contributed by atoms with E-state index in [0.29, 0.717) is 18.3 Å². The number of methoxy groups -OCH3 is 1. The second-order valence-corrected chi connectivity index (χ2v) is 6.49. The third-order valence-electron chi connectivity index (χ3n) is 4.74. The lowest BCUT2D eigenvalue weighted by atomic mass is 10.0. The smallest absolute Gasteiger partial charge is 0.257 e. The number of hydrogen-bond acceptors (Lipinski definition) is 6. The Kier molecular flexibility index (Phi) is 6.61. The fourth-order valence-corrected chi connectivity index (χ4v) is 3.33. The molecule has 1 fully saturated rings. The zero-order valence-corrected chi connectivity index (χ0v) is 16.3. The Morgan fingerprint density at radius 2 is 2.07 bits per heavy atom. The molecule has 1 atom stereocenters. The van der Waals surface area contributed by atoms with E-state index in [2.05, 4.69) is 20.4 Å². The summed E-state index contributed by atoms with van der Waals surface area (Å²) < 4.78 is 24.2. The highest BCUT2D eigenvalue weighted by Gasteiger charge is 2.25. The molecule has 3 aromatic rings. The number of nitrogens with zero attached hydrogens (tertiary/aromatic N) is 3. The summed E-state index contributed by atoms with van der Waals surface area (Å²) in [6.07, 6.45) is 0. The molecule has 0 aliphatic carbocycles. The number of ether oxygens (including phenoxy) is 1. The maximum atomic E-state index is 13.6. The molecule has 148 valence electrons. The molecule has 0 radical (unpaired) electrons. The van der Waals surface area contributed by atoms with Gasteiger partial charge < -0.3 is 14.6 Å². The number of nitrogens with one attached hydrogen (secondary N) is 1. The normalized spacial score (nSPS) is 17.1. The predicted molar refractivity (Wildman–Crippen MR) is 106 cm³/mol. The van der Waals surface area contributed by atoms with Crippen LogP contribution < -0.4 is 10.1 Å². The molecular weight excluding hydrogens is 383 g/mol. The van der Waals surface area contributed by atoms with Crippen molar-refractivity contribution in [2.24, 2.45) is 0 Å². The topological polar surface area (TPSA) is 63.4 Å². The summed E-state index contributed by atoms with van der Waals surface area (Å²) in [4.78, 5) is 6.76. The van der Waals surface area contributed by atoms with Crippen molar-refractivity contribution in [3.05, 3.63) is 65.7 Å². The molecule has 4 rings (SSSR count). The van der Waals surface area contributed by atoms with Gasteiger partial charge in [-0.15, -0.1) is 12.4 Å². The summed E-state index contributed by atoms with van der Waals surface area (Å²) in [7, 11) is 1.63. The van der Waals surface area contributed by atoms with E-state index in [1.165, 1.54) is 6.07 Å². The van der Waals surface area contributed by atoms with Gasteiger partial charge in [0.1, 0.15) is 11.6 Å². The molecule has 8 heteroatoms. The monoisotopic (exact) mass is 404 g/mol. The minimum absolute atomic E-state index is 0. The summed E-state index contributed by atoms with van der Waals surface area (Å²) in [5.41, 5.74) is 1.79. The lowest BCUT2D eigenvalue weighted by molar-refractivity contribution is 0.148. The van der Waals surface area contributed by atoms with Gasteiger partial charge in [-0.3, -0.25) is 4.90 Å². The Morgan fingerprint density at radius 3 is 2.82 bits per heavy atom. The highest BCUT2D eigenvalue weighted by atomic mass is 35.5. The van der Waals surface area contributed by atoms with Gasteiger partial charge in [-0.1, -0.05) is 17.3 Å². The summed E-state index contributed by atoms with van der Waals surface area (Å²) in [6.45, 7) is 3.00. The third-order valence-corrected chi connectivity index (χ3v) is 4.74. The van der Waals surface area contributed by atoms with Crippen LogP contribution in [-0.2, 0) is 6.54 Å². The molecule has 2 aromatic carbocycles. The van der Waals surface area contributed by atoms with Crippen molar-refractivity contribution >= 4 is 12.4 Å². The molecule has 0 bridgehead atoms. The van der Waals surface area contributed by atoms with Crippen LogP contribution in [0.5, 0.6) is 5.75 Å². The second-order valence-electron chi connectivity index (χ2n) is 6.49. The van der Waals surface area contributed by atoms with E-state index in [-0.39, 0.29) is 24.3 Å². The predicted octanol–water partition coefficient (Wildman–Crippen LogP) is 3.45. The first-order valence-electron chi connectivity index (χ1n) is 8.90. The minimum atomic E-state index is -0.223. The van der Waals surface area contributed by atoms with Gasteiger partial charge in [0.05, 0.1) is 13.7 Å². The highest BCUT2D eigenvalue weighted by Crippen LogP contribution is 2.25. The zero-order chi connectivity index (χ0) is 18.6. The van der Waals surface area contributed by atoms with E-state index < -0.39 is 0 Å². The van der Waals surface area contributed by atoms with Gasteiger partial charge >= 0.3 is 0 Å². The lowest BCUT2D eigenvalue weighted by Crippen LogP contribution is -2.45. The van der Waals surface area contributed by atoms with Crippen LogP contribution in [0.2, 0.25) is 0 Å². The van der Waals surface area contributed by atoms with Crippen LogP contribution in [0.4, 0.5) is 4.39 Å². The van der Waals surface area contributed by atoms with E-state index in [0.717, 1.165) is 36.5 Å². The van der Waals surface area contributed by atoms with Crippen molar-refractivity contribution in [2.45, 2.75) is 12.6 Å². The Morgan fingerprint density at radius 1 is 1.25 bits per heavy atom. The number of benzene rings is 2. The maximum absolute atomic E-state index is 13.6. The second kappa shape index (κ2) is 9.14. The van der Waals surface area contributed by atoms with Gasteiger partial charge in [-0.25, -0.2) is 4.39 Å². The molecule has 0 amide bonds. The van der Waals surface area contributed by atoms with Gasteiger partial charge in [0.2, 0.25) is 0 Å². The van der Waals surface area contributed by atoms with Crippen LogP contribution in [0.1, 0.15) is 17.4 Å². The average Bonchev–Trinajstić information content (AvgIpc) is 3.17. The van der Waals surface area contributed by atoms with E-state index in [4.69, 9.17) is 9.26 Å². The van der Waals surface area contributed by atoms with Crippen molar-refractivity contribution in [2.75, 3.05) is 26.7 Å². The summed E-state index contributed by atoms with van der Waals surface area (Å²) in [5.74, 6) is 1.64. The third kappa shape index (κ3) is 4.49. The summed E-state index contributed by atoms with van der Waals surface area (Å²) >= 11 is 0. The molecule has 28 heavy (non-hydrogen) atoms. The highest BCUT2D eigenvalue weighted by molar-refractivity contribution is 5.85. The average molecular weight is 405 g/mol. The molecule has 1 N–H and O–H groups in total. The van der Waals surface area contributed by atoms with Crippen molar-refractivity contribution in [1.29, 1.82) is 0 Å². The Labute approximate surface area is 169 Å².